The number of hydrogen-bond donors (Lipinski definition) is 0. The van der Waals surface area contributed by atoms with Crippen molar-refractivity contribution in [1.29, 1.82) is 0 Å². The highest BCUT2D eigenvalue weighted by molar-refractivity contribution is 6.07. The van der Waals surface area contributed by atoms with E-state index < -0.39 is 0 Å². The highest BCUT2D eigenvalue weighted by Gasteiger charge is 2.32. The van der Waals surface area contributed by atoms with Gasteiger partial charge in [-0.05, 0) is 62.8 Å². The number of pyridine rings is 1. The lowest BCUT2D eigenvalue weighted by Gasteiger charge is -2.17. The normalized spacial score (nSPS) is 15.5. The van der Waals surface area contributed by atoms with Crippen molar-refractivity contribution in [2.24, 2.45) is 0 Å². The highest BCUT2D eigenvalue weighted by Crippen LogP contribution is 2.32. The molecule has 0 atom stereocenters. The molecule has 5 rings (SSSR count). The van der Waals surface area contributed by atoms with Gasteiger partial charge in [-0.25, -0.2) is 4.68 Å². The summed E-state index contributed by atoms with van der Waals surface area (Å²) in [7, 11) is 0. The lowest BCUT2D eigenvalue weighted by molar-refractivity contribution is 0.0983. The summed E-state index contributed by atoms with van der Waals surface area (Å²) in [5.74, 6) is 0.00533. The SMILES string of the molecule is Cc1ccc(-n2nc(C(=O)N3CCc4ccncc43)c3c2CCCC3)cc1. The van der Waals surface area contributed by atoms with E-state index in [4.69, 9.17) is 5.10 Å². The number of fused-ring (bicyclic) bond motifs is 2. The number of hydrogen-bond acceptors (Lipinski definition) is 3. The molecule has 3 heterocycles. The fourth-order valence-electron chi connectivity index (χ4n) is 4.23. The predicted octanol–water partition coefficient (Wildman–Crippen LogP) is 3.66. The fourth-order valence-corrected chi connectivity index (χ4v) is 4.23. The smallest absolute Gasteiger partial charge is 0.279 e. The predicted molar refractivity (Wildman–Crippen MR) is 105 cm³/mol. The average molecular weight is 358 g/mol. The van der Waals surface area contributed by atoms with Gasteiger partial charge in [-0.3, -0.25) is 9.78 Å². The quantitative estimate of drug-likeness (QED) is 0.702. The summed E-state index contributed by atoms with van der Waals surface area (Å²) in [5.41, 5.74) is 7.30. The monoisotopic (exact) mass is 358 g/mol. The van der Waals surface area contributed by atoms with Gasteiger partial charge in [-0.15, -0.1) is 0 Å². The van der Waals surface area contributed by atoms with Crippen LogP contribution in [0.4, 0.5) is 5.69 Å². The first-order chi connectivity index (χ1) is 13.2. The van der Waals surface area contributed by atoms with Crippen LogP contribution in [0.2, 0.25) is 0 Å². The Labute approximate surface area is 158 Å². The van der Waals surface area contributed by atoms with E-state index in [1.165, 1.54) is 16.8 Å². The molecule has 136 valence electrons. The van der Waals surface area contributed by atoms with E-state index in [1.54, 1.807) is 12.4 Å². The molecule has 1 aliphatic heterocycles. The molecule has 0 spiro atoms. The minimum Gasteiger partial charge on any atom is -0.305 e. The summed E-state index contributed by atoms with van der Waals surface area (Å²) in [5, 5.41) is 4.81. The van der Waals surface area contributed by atoms with Gasteiger partial charge in [0.15, 0.2) is 5.69 Å². The van der Waals surface area contributed by atoms with Gasteiger partial charge in [0.1, 0.15) is 0 Å². The Morgan fingerprint density at radius 2 is 1.85 bits per heavy atom. The van der Waals surface area contributed by atoms with Gasteiger partial charge in [0.25, 0.3) is 5.91 Å². The molecule has 5 heteroatoms. The Bertz CT molecular complexity index is 1020. The molecule has 2 aliphatic rings. The lowest BCUT2D eigenvalue weighted by Crippen LogP contribution is -2.30. The number of amides is 1. The second-order valence-electron chi connectivity index (χ2n) is 7.44. The van der Waals surface area contributed by atoms with Crippen molar-refractivity contribution in [3.05, 3.63) is 70.8 Å². The van der Waals surface area contributed by atoms with Crippen LogP contribution in [-0.2, 0) is 19.3 Å². The van der Waals surface area contributed by atoms with Crippen LogP contribution in [0.25, 0.3) is 5.69 Å². The lowest BCUT2D eigenvalue weighted by atomic mass is 9.95. The van der Waals surface area contributed by atoms with Crippen molar-refractivity contribution in [3.8, 4) is 5.69 Å². The summed E-state index contributed by atoms with van der Waals surface area (Å²) in [6.45, 7) is 2.78. The van der Waals surface area contributed by atoms with Crippen LogP contribution in [0.1, 0.15) is 45.7 Å². The summed E-state index contributed by atoms with van der Waals surface area (Å²) in [6, 6.07) is 10.4. The van der Waals surface area contributed by atoms with Crippen molar-refractivity contribution >= 4 is 11.6 Å². The molecule has 1 aromatic carbocycles. The van der Waals surface area contributed by atoms with Crippen LogP contribution in [-0.4, -0.2) is 27.2 Å². The Balaban J connectivity index is 1.59. The van der Waals surface area contributed by atoms with E-state index in [0.29, 0.717) is 12.2 Å². The Hall–Kier alpha value is -2.95. The van der Waals surface area contributed by atoms with Crippen molar-refractivity contribution in [3.63, 3.8) is 0 Å². The molecule has 0 saturated carbocycles. The highest BCUT2D eigenvalue weighted by atomic mass is 16.2. The molecule has 0 radical (unpaired) electrons. The van der Waals surface area contributed by atoms with E-state index >= 15 is 0 Å². The second-order valence-corrected chi connectivity index (χ2v) is 7.44. The van der Waals surface area contributed by atoms with Crippen molar-refractivity contribution in [1.82, 2.24) is 14.8 Å². The van der Waals surface area contributed by atoms with Gasteiger partial charge in [-0.1, -0.05) is 17.7 Å². The maximum Gasteiger partial charge on any atom is 0.279 e. The number of aryl methyl sites for hydroxylation is 1. The largest absolute Gasteiger partial charge is 0.305 e. The third kappa shape index (κ3) is 2.65. The zero-order chi connectivity index (χ0) is 18.4. The summed E-state index contributed by atoms with van der Waals surface area (Å²) in [6.07, 6.45) is 8.63. The van der Waals surface area contributed by atoms with Crippen LogP contribution in [0.3, 0.4) is 0 Å². The summed E-state index contributed by atoms with van der Waals surface area (Å²) >= 11 is 0. The van der Waals surface area contributed by atoms with Crippen LogP contribution in [0.15, 0.2) is 42.7 Å². The Morgan fingerprint density at radius 1 is 1.04 bits per heavy atom. The van der Waals surface area contributed by atoms with E-state index in [-0.39, 0.29) is 5.91 Å². The molecule has 1 aliphatic carbocycles. The van der Waals surface area contributed by atoms with Gasteiger partial charge < -0.3 is 4.90 Å². The van der Waals surface area contributed by atoms with Crippen LogP contribution in [0, 0.1) is 6.92 Å². The first kappa shape index (κ1) is 16.2. The zero-order valence-electron chi connectivity index (χ0n) is 15.5. The molecule has 2 aromatic heterocycles. The van der Waals surface area contributed by atoms with Crippen molar-refractivity contribution in [2.45, 2.75) is 39.0 Å². The van der Waals surface area contributed by atoms with Gasteiger partial charge >= 0.3 is 0 Å². The van der Waals surface area contributed by atoms with E-state index in [2.05, 4.69) is 36.2 Å². The second kappa shape index (κ2) is 6.34. The number of carbonyl (C=O) groups excluding carboxylic acids is 1. The molecule has 3 aromatic rings. The first-order valence-electron chi connectivity index (χ1n) is 9.65. The minimum absolute atomic E-state index is 0.00533. The third-order valence-electron chi connectivity index (χ3n) is 5.69. The number of anilines is 1. The molecule has 1 amide bonds. The standard InChI is InChI=1S/C22H22N4O/c1-15-6-8-17(9-7-15)26-19-5-3-2-4-18(19)21(24-26)22(27)25-13-11-16-10-12-23-14-20(16)25/h6-10,12,14H,2-5,11,13H2,1H3. The number of rotatable bonds is 2. The fraction of sp³-hybridized carbons (Fsp3) is 0.318. The van der Waals surface area contributed by atoms with Crippen molar-refractivity contribution in [2.75, 3.05) is 11.4 Å². The number of aromatic nitrogens is 3. The summed E-state index contributed by atoms with van der Waals surface area (Å²) in [4.78, 5) is 19.5. The maximum atomic E-state index is 13.4. The van der Waals surface area contributed by atoms with E-state index in [1.807, 2.05) is 15.6 Å². The average Bonchev–Trinajstić information content (AvgIpc) is 3.30. The maximum absolute atomic E-state index is 13.4. The first-order valence-corrected chi connectivity index (χ1v) is 9.65. The van der Waals surface area contributed by atoms with Gasteiger partial charge in [0.2, 0.25) is 0 Å². The molecule has 0 bridgehead atoms. The van der Waals surface area contributed by atoms with E-state index in [9.17, 15) is 4.79 Å². The number of carbonyl (C=O) groups is 1. The van der Waals surface area contributed by atoms with Gasteiger partial charge in [-0.2, -0.15) is 5.10 Å². The molecule has 0 N–H and O–H groups in total. The van der Waals surface area contributed by atoms with Gasteiger partial charge in [0.05, 0.1) is 17.6 Å². The summed E-state index contributed by atoms with van der Waals surface area (Å²) < 4.78 is 1.99. The molecule has 0 unspecified atom stereocenters. The minimum atomic E-state index is 0.00533. The molecule has 5 nitrogen and oxygen atoms in total. The van der Waals surface area contributed by atoms with Crippen molar-refractivity contribution < 1.29 is 4.79 Å². The molecule has 0 saturated heterocycles. The topological polar surface area (TPSA) is 51.0 Å². The van der Waals surface area contributed by atoms with Crippen LogP contribution >= 0.6 is 0 Å². The Kier molecular flexibility index (Phi) is 3.81. The van der Waals surface area contributed by atoms with E-state index in [0.717, 1.165) is 49.0 Å². The third-order valence-corrected chi connectivity index (χ3v) is 5.69. The molecular formula is C22H22N4O. The number of benzene rings is 1. The van der Waals surface area contributed by atoms with Crippen LogP contribution in [0.5, 0.6) is 0 Å². The van der Waals surface area contributed by atoms with Gasteiger partial charge in [0, 0.05) is 24.0 Å². The number of nitrogens with zero attached hydrogens (tertiary/aromatic N) is 4. The van der Waals surface area contributed by atoms with Crippen LogP contribution < -0.4 is 4.90 Å². The zero-order valence-corrected chi connectivity index (χ0v) is 15.5. The molecule has 27 heavy (non-hydrogen) atoms. The molecular weight excluding hydrogens is 336 g/mol. The Morgan fingerprint density at radius 3 is 2.70 bits per heavy atom. The molecule has 0 fully saturated rings.